The molecule has 0 unspecified atom stereocenters. The van der Waals surface area contributed by atoms with Gasteiger partial charge in [0, 0.05) is 11.8 Å². The molecule has 2 aromatic carbocycles. The van der Waals surface area contributed by atoms with Crippen molar-refractivity contribution in [3.8, 4) is 11.5 Å². The van der Waals surface area contributed by atoms with Crippen molar-refractivity contribution in [3.63, 3.8) is 0 Å². The van der Waals surface area contributed by atoms with Crippen LogP contribution in [-0.2, 0) is 4.79 Å². The van der Waals surface area contributed by atoms with Gasteiger partial charge >= 0.3 is 0 Å². The summed E-state index contributed by atoms with van der Waals surface area (Å²) in [6.45, 7) is 1.66. The molecule has 0 fully saturated rings. The van der Waals surface area contributed by atoms with Crippen molar-refractivity contribution in [2.24, 2.45) is 5.10 Å². The Hall–Kier alpha value is -3.79. The van der Waals surface area contributed by atoms with Gasteiger partial charge in [0.15, 0.2) is 0 Å². The lowest BCUT2D eigenvalue weighted by Gasteiger charge is -2.13. The fourth-order valence-corrected chi connectivity index (χ4v) is 3.83. The number of nitro groups is 1. The normalized spacial score (nSPS) is 15.2. The second-order valence-electron chi connectivity index (χ2n) is 6.15. The molecule has 1 aromatic heterocycles. The minimum Gasteiger partial charge on any atom is -0.865 e. The summed E-state index contributed by atoms with van der Waals surface area (Å²) < 4.78 is 5.86. The number of hydrogen-bond donors (Lipinski definition) is 0. The van der Waals surface area contributed by atoms with E-state index in [4.69, 9.17) is 4.74 Å². The van der Waals surface area contributed by atoms with Gasteiger partial charge in [0.1, 0.15) is 5.75 Å². The van der Waals surface area contributed by atoms with E-state index in [0.717, 1.165) is 16.3 Å². The van der Waals surface area contributed by atoms with Crippen LogP contribution < -0.4 is 14.9 Å². The molecular formula is C19H13N4O5S-. The van der Waals surface area contributed by atoms with Gasteiger partial charge in [0.05, 0.1) is 33.5 Å². The van der Waals surface area contributed by atoms with Crippen molar-refractivity contribution in [1.29, 1.82) is 0 Å². The molecule has 10 heteroatoms. The number of nitro benzene ring substituents is 1. The molecule has 0 aliphatic carbocycles. The Balaban J connectivity index is 1.74. The second-order valence-corrected chi connectivity index (χ2v) is 7.16. The molecule has 4 rings (SSSR count). The van der Waals surface area contributed by atoms with Crippen molar-refractivity contribution in [3.05, 3.63) is 57.6 Å². The van der Waals surface area contributed by atoms with Crippen LogP contribution in [-0.4, -0.2) is 28.6 Å². The van der Waals surface area contributed by atoms with Crippen LogP contribution in [0.5, 0.6) is 11.5 Å². The number of amides is 1. The number of benzene rings is 2. The second kappa shape index (κ2) is 6.99. The van der Waals surface area contributed by atoms with Crippen molar-refractivity contribution >= 4 is 50.1 Å². The molecule has 0 radical (unpaired) electrons. The van der Waals surface area contributed by atoms with E-state index in [9.17, 15) is 20.0 Å². The van der Waals surface area contributed by atoms with E-state index in [0.29, 0.717) is 10.8 Å². The van der Waals surface area contributed by atoms with Gasteiger partial charge in [-0.05, 0) is 36.8 Å². The largest absolute Gasteiger partial charge is 0.865 e. The third-order valence-corrected chi connectivity index (χ3v) is 5.32. The maximum atomic E-state index is 12.9. The van der Waals surface area contributed by atoms with Crippen LogP contribution in [0.25, 0.3) is 16.3 Å². The number of rotatable bonds is 4. The summed E-state index contributed by atoms with van der Waals surface area (Å²) in [6, 6.07) is 9.95. The fraction of sp³-hybridized carbons (Fsp3) is 0.105. The van der Waals surface area contributed by atoms with Gasteiger partial charge in [0.25, 0.3) is 11.6 Å². The predicted molar refractivity (Wildman–Crippen MR) is 107 cm³/mol. The van der Waals surface area contributed by atoms with Crippen LogP contribution in [0.1, 0.15) is 12.5 Å². The van der Waals surface area contributed by atoms with E-state index in [1.807, 2.05) is 24.3 Å². The quantitative estimate of drug-likeness (QED) is 0.371. The minimum atomic E-state index is -0.820. The Morgan fingerprint density at radius 2 is 2.03 bits per heavy atom. The number of thiazole rings is 1. The molecule has 0 spiro atoms. The van der Waals surface area contributed by atoms with Crippen LogP contribution >= 0.6 is 11.3 Å². The first-order valence-corrected chi connectivity index (χ1v) is 9.21. The van der Waals surface area contributed by atoms with Crippen LogP contribution in [0, 0.1) is 10.1 Å². The van der Waals surface area contributed by atoms with Crippen molar-refractivity contribution < 1.29 is 19.6 Å². The molecule has 0 atom stereocenters. The molecular weight excluding hydrogens is 396 g/mol. The standard InChI is InChI=1S/C19H14N4O5S/c1-10-12(7-11-8-14(23(26)27)17(24)15(9-11)28-2)18(25)22(21-10)19-20-13-5-3-4-6-16(13)29-19/h3-9,24H,1-2H3/p-1/b12-7+. The summed E-state index contributed by atoms with van der Waals surface area (Å²) in [5.74, 6) is -1.40. The first kappa shape index (κ1) is 18.6. The van der Waals surface area contributed by atoms with Gasteiger partial charge in [0.2, 0.25) is 5.13 Å². The topological polar surface area (TPSA) is 121 Å². The maximum absolute atomic E-state index is 12.9. The van der Waals surface area contributed by atoms with Crippen LogP contribution in [0.2, 0.25) is 0 Å². The number of aromatic nitrogens is 1. The fourth-order valence-electron chi connectivity index (χ4n) is 2.91. The van der Waals surface area contributed by atoms with Crippen LogP contribution in [0.4, 0.5) is 10.8 Å². The molecule has 2 heterocycles. The van der Waals surface area contributed by atoms with Crippen LogP contribution in [0.15, 0.2) is 47.1 Å². The molecule has 9 nitrogen and oxygen atoms in total. The number of ether oxygens (including phenoxy) is 1. The maximum Gasteiger partial charge on any atom is 0.282 e. The van der Waals surface area contributed by atoms with E-state index in [1.54, 1.807) is 6.92 Å². The molecule has 29 heavy (non-hydrogen) atoms. The molecule has 3 aromatic rings. The lowest BCUT2D eigenvalue weighted by Crippen LogP contribution is -2.21. The Bertz CT molecular complexity index is 1200. The highest BCUT2D eigenvalue weighted by Crippen LogP contribution is 2.36. The molecule has 0 N–H and O–H groups in total. The molecule has 0 saturated heterocycles. The van der Waals surface area contributed by atoms with E-state index in [1.165, 1.54) is 35.6 Å². The highest BCUT2D eigenvalue weighted by molar-refractivity contribution is 7.22. The van der Waals surface area contributed by atoms with Crippen molar-refractivity contribution in [2.75, 3.05) is 12.1 Å². The van der Waals surface area contributed by atoms with Crippen LogP contribution in [0.3, 0.4) is 0 Å². The smallest absolute Gasteiger partial charge is 0.282 e. The van der Waals surface area contributed by atoms with Gasteiger partial charge in [-0.1, -0.05) is 23.5 Å². The number of nitrogens with zero attached hydrogens (tertiary/aromatic N) is 4. The summed E-state index contributed by atoms with van der Waals surface area (Å²) >= 11 is 1.33. The van der Waals surface area contributed by atoms with Gasteiger partial charge in [-0.15, -0.1) is 0 Å². The molecule has 0 bridgehead atoms. The van der Waals surface area contributed by atoms with E-state index in [-0.39, 0.29) is 16.9 Å². The third-order valence-electron chi connectivity index (χ3n) is 4.31. The lowest BCUT2D eigenvalue weighted by atomic mass is 10.1. The summed E-state index contributed by atoms with van der Waals surface area (Å²) in [5, 5.41) is 29.1. The van der Waals surface area contributed by atoms with Gasteiger partial charge in [-0.2, -0.15) is 10.1 Å². The van der Waals surface area contributed by atoms with Gasteiger partial charge in [-0.3, -0.25) is 14.9 Å². The van der Waals surface area contributed by atoms with Crippen molar-refractivity contribution in [1.82, 2.24) is 4.98 Å². The monoisotopic (exact) mass is 409 g/mol. The van der Waals surface area contributed by atoms with Gasteiger partial charge in [-0.25, -0.2) is 4.98 Å². The number of hydrazone groups is 1. The SMILES string of the molecule is COc1cc(/C=C2/C(=O)N(c3nc4ccccc4s3)N=C2C)cc([N+](=O)[O-])c1[O-]. The van der Waals surface area contributed by atoms with Crippen molar-refractivity contribution in [2.45, 2.75) is 6.92 Å². The molecule has 146 valence electrons. The predicted octanol–water partition coefficient (Wildman–Crippen LogP) is 3.09. The zero-order valence-corrected chi connectivity index (χ0v) is 16.1. The number of carbonyl (C=O) groups is 1. The molecule has 1 amide bonds. The highest BCUT2D eigenvalue weighted by Gasteiger charge is 2.31. The number of fused-ring (bicyclic) bond motifs is 1. The molecule has 1 aliphatic rings. The third kappa shape index (κ3) is 3.19. The Morgan fingerprint density at radius 1 is 1.28 bits per heavy atom. The van der Waals surface area contributed by atoms with E-state index < -0.39 is 22.3 Å². The first-order chi connectivity index (χ1) is 13.9. The lowest BCUT2D eigenvalue weighted by molar-refractivity contribution is -0.398. The highest BCUT2D eigenvalue weighted by atomic mass is 32.1. The summed E-state index contributed by atoms with van der Waals surface area (Å²) in [6.07, 6.45) is 1.45. The number of hydrogen-bond acceptors (Lipinski definition) is 8. The average Bonchev–Trinajstić information content (AvgIpc) is 3.24. The molecule has 1 aliphatic heterocycles. The Labute approximate surface area is 168 Å². The summed E-state index contributed by atoms with van der Waals surface area (Å²) in [7, 11) is 1.25. The van der Waals surface area contributed by atoms with Gasteiger partial charge < -0.3 is 9.84 Å². The van der Waals surface area contributed by atoms with E-state index >= 15 is 0 Å². The molecule has 0 saturated carbocycles. The Kier molecular flexibility index (Phi) is 4.47. The Morgan fingerprint density at radius 3 is 2.72 bits per heavy atom. The average molecular weight is 409 g/mol. The number of methoxy groups -OCH3 is 1. The minimum absolute atomic E-state index is 0.172. The zero-order valence-electron chi connectivity index (χ0n) is 15.3. The summed E-state index contributed by atoms with van der Waals surface area (Å²) in [4.78, 5) is 27.7. The number of para-hydroxylation sites is 1. The number of carbonyl (C=O) groups excluding carboxylic acids is 1. The summed E-state index contributed by atoms with van der Waals surface area (Å²) in [5.41, 5.74) is 1.11. The first-order valence-electron chi connectivity index (χ1n) is 8.40. The number of anilines is 1. The van der Waals surface area contributed by atoms with E-state index in [2.05, 4.69) is 10.1 Å². The zero-order chi connectivity index (χ0) is 20.7.